The van der Waals surface area contributed by atoms with Gasteiger partial charge in [0, 0.05) is 10.6 Å². The lowest BCUT2D eigenvalue weighted by atomic mass is 10.1. The minimum absolute atomic E-state index is 0.0903. The number of hydrogen-bond donors (Lipinski definition) is 1. The summed E-state index contributed by atoms with van der Waals surface area (Å²) in [6.45, 7) is 1.85. The zero-order valence-corrected chi connectivity index (χ0v) is 12.3. The van der Waals surface area contributed by atoms with E-state index in [-0.39, 0.29) is 16.4 Å². The molecule has 0 aliphatic rings. The number of aryl methyl sites for hydroxylation is 1. The van der Waals surface area contributed by atoms with Crippen LogP contribution in [0, 0.1) is 12.7 Å². The van der Waals surface area contributed by atoms with Crippen molar-refractivity contribution in [1.29, 1.82) is 0 Å². The Morgan fingerprint density at radius 1 is 1.30 bits per heavy atom. The van der Waals surface area contributed by atoms with E-state index in [1.54, 1.807) is 24.3 Å². The number of aromatic carboxylic acids is 1. The standard InChI is InChI=1S/C15H12ClFO2S/c1-9-6-11(17)3-2-10(9)8-20-12-4-5-14(16)13(7-12)15(18)19/h2-7H,8H2,1H3,(H,18,19). The van der Waals surface area contributed by atoms with Gasteiger partial charge in [0.25, 0.3) is 0 Å². The van der Waals surface area contributed by atoms with E-state index in [0.29, 0.717) is 5.75 Å². The number of carbonyl (C=O) groups is 1. The first-order valence-corrected chi connectivity index (χ1v) is 7.24. The van der Waals surface area contributed by atoms with Crippen molar-refractivity contribution < 1.29 is 14.3 Å². The van der Waals surface area contributed by atoms with Gasteiger partial charge in [-0.1, -0.05) is 17.7 Å². The molecule has 0 bridgehead atoms. The summed E-state index contributed by atoms with van der Waals surface area (Å²) in [5.41, 5.74) is 1.99. The summed E-state index contributed by atoms with van der Waals surface area (Å²) in [5.74, 6) is -0.654. The molecule has 1 N–H and O–H groups in total. The van der Waals surface area contributed by atoms with E-state index in [9.17, 15) is 9.18 Å². The molecule has 2 rings (SSSR count). The van der Waals surface area contributed by atoms with Gasteiger partial charge in [-0.05, 0) is 48.4 Å². The number of carboxylic acid groups (broad SMARTS) is 1. The summed E-state index contributed by atoms with van der Waals surface area (Å²) in [5, 5.41) is 9.24. The van der Waals surface area contributed by atoms with E-state index in [4.69, 9.17) is 16.7 Å². The van der Waals surface area contributed by atoms with Crippen LogP contribution in [0.5, 0.6) is 0 Å². The third-order valence-electron chi connectivity index (χ3n) is 2.87. The molecular weight excluding hydrogens is 299 g/mol. The van der Waals surface area contributed by atoms with Crippen molar-refractivity contribution in [3.8, 4) is 0 Å². The minimum Gasteiger partial charge on any atom is -0.478 e. The highest BCUT2D eigenvalue weighted by Gasteiger charge is 2.10. The van der Waals surface area contributed by atoms with Crippen molar-refractivity contribution in [1.82, 2.24) is 0 Å². The van der Waals surface area contributed by atoms with Crippen LogP contribution in [0.2, 0.25) is 5.02 Å². The largest absolute Gasteiger partial charge is 0.478 e. The molecule has 2 nitrogen and oxygen atoms in total. The van der Waals surface area contributed by atoms with Gasteiger partial charge < -0.3 is 5.11 Å². The summed E-state index contributed by atoms with van der Waals surface area (Å²) < 4.78 is 13.0. The molecule has 0 amide bonds. The van der Waals surface area contributed by atoms with Crippen molar-refractivity contribution in [2.75, 3.05) is 0 Å². The number of benzene rings is 2. The predicted octanol–water partition coefficient (Wildman–Crippen LogP) is 4.78. The van der Waals surface area contributed by atoms with Crippen LogP contribution in [-0.4, -0.2) is 11.1 Å². The fourth-order valence-corrected chi connectivity index (χ4v) is 2.95. The van der Waals surface area contributed by atoms with Crippen LogP contribution >= 0.6 is 23.4 Å². The Labute approximate surface area is 125 Å². The van der Waals surface area contributed by atoms with Gasteiger partial charge in [0.1, 0.15) is 5.82 Å². The van der Waals surface area contributed by atoms with E-state index in [1.165, 1.54) is 23.9 Å². The SMILES string of the molecule is Cc1cc(F)ccc1CSc1ccc(Cl)c(C(=O)O)c1. The van der Waals surface area contributed by atoms with Gasteiger partial charge in [-0.15, -0.1) is 11.8 Å². The second kappa shape index (κ2) is 6.29. The summed E-state index contributed by atoms with van der Waals surface area (Å²) in [4.78, 5) is 11.8. The molecular formula is C15H12ClFO2S. The van der Waals surface area contributed by atoms with Crippen LogP contribution in [-0.2, 0) is 5.75 Å². The van der Waals surface area contributed by atoms with Crippen LogP contribution in [0.1, 0.15) is 21.5 Å². The molecule has 0 heterocycles. The molecule has 0 saturated heterocycles. The molecule has 0 aromatic heterocycles. The summed E-state index contributed by atoms with van der Waals surface area (Å²) in [7, 11) is 0. The Bertz CT molecular complexity index is 658. The molecule has 2 aromatic rings. The third-order valence-corrected chi connectivity index (χ3v) is 4.24. The fraction of sp³-hybridized carbons (Fsp3) is 0.133. The molecule has 0 fully saturated rings. The van der Waals surface area contributed by atoms with Gasteiger partial charge in [0.2, 0.25) is 0 Å². The lowest BCUT2D eigenvalue weighted by Gasteiger charge is -2.07. The highest BCUT2D eigenvalue weighted by Crippen LogP contribution is 2.28. The van der Waals surface area contributed by atoms with Crippen LogP contribution in [0.4, 0.5) is 4.39 Å². The van der Waals surface area contributed by atoms with E-state index >= 15 is 0 Å². The Morgan fingerprint density at radius 3 is 2.70 bits per heavy atom. The lowest BCUT2D eigenvalue weighted by molar-refractivity contribution is 0.0697. The molecule has 0 aliphatic carbocycles. The second-order valence-corrected chi connectivity index (χ2v) is 5.76. The molecule has 104 valence electrons. The van der Waals surface area contributed by atoms with Crippen LogP contribution in [0.25, 0.3) is 0 Å². The first kappa shape index (κ1) is 14.9. The van der Waals surface area contributed by atoms with Crippen LogP contribution in [0.15, 0.2) is 41.3 Å². The molecule has 5 heteroatoms. The molecule has 0 unspecified atom stereocenters. The van der Waals surface area contributed by atoms with Crippen LogP contribution < -0.4 is 0 Å². The molecule has 0 spiro atoms. The molecule has 0 radical (unpaired) electrons. The minimum atomic E-state index is -1.05. The van der Waals surface area contributed by atoms with Gasteiger partial charge in [0.15, 0.2) is 0 Å². The van der Waals surface area contributed by atoms with Gasteiger partial charge in [-0.3, -0.25) is 0 Å². The van der Waals surface area contributed by atoms with Crippen molar-refractivity contribution in [2.45, 2.75) is 17.6 Å². The zero-order chi connectivity index (χ0) is 14.7. The van der Waals surface area contributed by atoms with Crippen molar-refractivity contribution >= 4 is 29.3 Å². The smallest absolute Gasteiger partial charge is 0.337 e. The topological polar surface area (TPSA) is 37.3 Å². The molecule has 0 atom stereocenters. The summed E-state index contributed by atoms with van der Waals surface area (Å²) in [6.07, 6.45) is 0. The van der Waals surface area contributed by atoms with E-state index < -0.39 is 5.97 Å². The Hall–Kier alpha value is -1.52. The normalized spacial score (nSPS) is 10.6. The van der Waals surface area contributed by atoms with Gasteiger partial charge in [-0.2, -0.15) is 0 Å². The number of hydrogen-bond acceptors (Lipinski definition) is 2. The molecule has 0 aliphatic heterocycles. The molecule has 20 heavy (non-hydrogen) atoms. The van der Waals surface area contributed by atoms with E-state index in [1.807, 2.05) is 6.92 Å². The number of carboxylic acids is 1. The Morgan fingerprint density at radius 2 is 2.05 bits per heavy atom. The Kier molecular flexibility index (Phi) is 4.68. The average molecular weight is 311 g/mol. The maximum Gasteiger partial charge on any atom is 0.337 e. The number of halogens is 2. The summed E-state index contributed by atoms with van der Waals surface area (Å²) >= 11 is 7.31. The van der Waals surface area contributed by atoms with Crippen molar-refractivity contribution in [3.63, 3.8) is 0 Å². The van der Waals surface area contributed by atoms with Crippen LogP contribution in [0.3, 0.4) is 0 Å². The second-order valence-electron chi connectivity index (χ2n) is 4.31. The average Bonchev–Trinajstić information content (AvgIpc) is 2.39. The highest BCUT2D eigenvalue weighted by atomic mass is 35.5. The monoisotopic (exact) mass is 310 g/mol. The van der Waals surface area contributed by atoms with E-state index in [0.717, 1.165) is 16.0 Å². The highest BCUT2D eigenvalue weighted by molar-refractivity contribution is 7.98. The lowest BCUT2D eigenvalue weighted by Crippen LogP contribution is -1.97. The maximum atomic E-state index is 13.0. The zero-order valence-electron chi connectivity index (χ0n) is 10.7. The first-order chi connectivity index (χ1) is 9.47. The Balaban J connectivity index is 2.15. The predicted molar refractivity (Wildman–Crippen MR) is 79.1 cm³/mol. The third kappa shape index (κ3) is 3.52. The fourth-order valence-electron chi connectivity index (χ4n) is 1.74. The van der Waals surface area contributed by atoms with Gasteiger partial charge >= 0.3 is 5.97 Å². The maximum absolute atomic E-state index is 13.0. The molecule has 0 saturated carbocycles. The van der Waals surface area contributed by atoms with Crippen molar-refractivity contribution in [3.05, 3.63) is 63.9 Å². The van der Waals surface area contributed by atoms with Gasteiger partial charge in [0.05, 0.1) is 10.6 Å². The van der Waals surface area contributed by atoms with E-state index in [2.05, 4.69) is 0 Å². The van der Waals surface area contributed by atoms with Crippen molar-refractivity contribution in [2.24, 2.45) is 0 Å². The molecule has 2 aromatic carbocycles. The quantitative estimate of drug-likeness (QED) is 0.826. The summed E-state index contributed by atoms with van der Waals surface area (Å²) in [6, 6.07) is 9.55. The number of rotatable bonds is 4. The van der Waals surface area contributed by atoms with Gasteiger partial charge in [-0.25, -0.2) is 9.18 Å². The first-order valence-electron chi connectivity index (χ1n) is 5.88. The number of thioether (sulfide) groups is 1.